The Morgan fingerprint density at radius 3 is 2.75 bits per heavy atom. The van der Waals surface area contributed by atoms with Gasteiger partial charge in [0.15, 0.2) is 0 Å². The molecule has 2 rings (SSSR count). The van der Waals surface area contributed by atoms with E-state index in [9.17, 15) is 4.79 Å². The number of ketones is 1. The van der Waals surface area contributed by atoms with E-state index < -0.39 is 0 Å². The predicted octanol–water partition coefficient (Wildman–Crippen LogP) is 2.26. The van der Waals surface area contributed by atoms with E-state index in [1.807, 2.05) is 7.05 Å². The van der Waals surface area contributed by atoms with Crippen molar-refractivity contribution in [2.75, 3.05) is 20.1 Å². The van der Waals surface area contributed by atoms with E-state index in [1.165, 1.54) is 12.0 Å². The number of carbonyl (C=O) groups is 1. The van der Waals surface area contributed by atoms with Crippen LogP contribution in [0.4, 0.5) is 0 Å². The van der Waals surface area contributed by atoms with Crippen LogP contribution in [0.5, 0.6) is 0 Å². The number of nitrogens with one attached hydrogen (secondary N) is 1. The molecule has 1 aliphatic heterocycles. The SMILES string of the molecule is CNC1CCCN(CCCc2ccccc2)C1C(C)=O. The summed E-state index contributed by atoms with van der Waals surface area (Å²) in [6, 6.07) is 11.0. The molecule has 0 aliphatic carbocycles. The van der Waals surface area contributed by atoms with E-state index in [4.69, 9.17) is 0 Å². The van der Waals surface area contributed by atoms with Gasteiger partial charge >= 0.3 is 0 Å². The quantitative estimate of drug-likeness (QED) is 0.863. The van der Waals surface area contributed by atoms with Crippen molar-refractivity contribution in [2.24, 2.45) is 0 Å². The zero-order chi connectivity index (χ0) is 14.4. The van der Waals surface area contributed by atoms with Crippen molar-refractivity contribution >= 4 is 5.78 Å². The van der Waals surface area contributed by atoms with Gasteiger partial charge in [-0.3, -0.25) is 9.69 Å². The number of benzene rings is 1. The zero-order valence-corrected chi connectivity index (χ0v) is 12.6. The smallest absolute Gasteiger partial charge is 0.148 e. The molecular weight excluding hydrogens is 248 g/mol. The van der Waals surface area contributed by atoms with Gasteiger partial charge in [-0.1, -0.05) is 30.3 Å². The van der Waals surface area contributed by atoms with Crippen molar-refractivity contribution in [1.29, 1.82) is 0 Å². The molecule has 0 spiro atoms. The summed E-state index contributed by atoms with van der Waals surface area (Å²) < 4.78 is 0. The second kappa shape index (κ2) is 7.55. The summed E-state index contributed by atoms with van der Waals surface area (Å²) in [4.78, 5) is 14.3. The number of piperidine rings is 1. The summed E-state index contributed by atoms with van der Waals surface area (Å²) >= 11 is 0. The van der Waals surface area contributed by atoms with Crippen LogP contribution in [0.1, 0.15) is 31.7 Å². The van der Waals surface area contributed by atoms with Crippen LogP contribution in [-0.4, -0.2) is 42.9 Å². The fourth-order valence-corrected chi connectivity index (χ4v) is 3.29. The Bertz CT molecular complexity index is 418. The van der Waals surface area contributed by atoms with Crippen LogP contribution in [0.25, 0.3) is 0 Å². The van der Waals surface area contributed by atoms with Gasteiger partial charge in [0.25, 0.3) is 0 Å². The van der Waals surface area contributed by atoms with Crippen LogP contribution in [0.15, 0.2) is 30.3 Å². The molecule has 3 heteroatoms. The summed E-state index contributed by atoms with van der Waals surface area (Å²) in [6.45, 7) is 3.79. The summed E-state index contributed by atoms with van der Waals surface area (Å²) in [5, 5.41) is 3.31. The lowest BCUT2D eigenvalue weighted by molar-refractivity contribution is -0.124. The Hall–Kier alpha value is -1.19. The van der Waals surface area contributed by atoms with Crippen LogP contribution in [0.3, 0.4) is 0 Å². The maximum atomic E-state index is 11.9. The highest BCUT2D eigenvalue weighted by Gasteiger charge is 2.33. The molecule has 0 amide bonds. The molecule has 1 aliphatic rings. The van der Waals surface area contributed by atoms with Crippen LogP contribution < -0.4 is 5.32 Å². The molecule has 1 N–H and O–H groups in total. The van der Waals surface area contributed by atoms with Crippen molar-refractivity contribution < 1.29 is 4.79 Å². The van der Waals surface area contributed by atoms with Crippen molar-refractivity contribution in [3.63, 3.8) is 0 Å². The van der Waals surface area contributed by atoms with E-state index in [0.717, 1.165) is 32.4 Å². The van der Waals surface area contributed by atoms with Gasteiger partial charge in [0.1, 0.15) is 5.78 Å². The molecule has 0 saturated carbocycles. The van der Waals surface area contributed by atoms with Gasteiger partial charge in [-0.05, 0) is 58.3 Å². The number of aryl methyl sites for hydroxylation is 1. The molecule has 20 heavy (non-hydrogen) atoms. The fourth-order valence-electron chi connectivity index (χ4n) is 3.29. The number of likely N-dealkylation sites (N-methyl/N-ethyl adjacent to an activating group) is 1. The number of hydrogen-bond donors (Lipinski definition) is 1. The van der Waals surface area contributed by atoms with Gasteiger partial charge in [0.05, 0.1) is 6.04 Å². The molecular formula is C17H26N2O. The lowest BCUT2D eigenvalue weighted by atomic mass is 9.93. The summed E-state index contributed by atoms with van der Waals surface area (Å²) in [6.07, 6.45) is 4.49. The molecule has 2 atom stereocenters. The van der Waals surface area contributed by atoms with Crippen LogP contribution in [-0.2, 0) is 11.2 Å². The molecule has 1 aromatic rings. The molecule has 1 heterocycles. The molecule has 0 radical (unpaired) electrons. The third-order valence-electron chi connectivity index (χ3n) is 4.28. The first-order valence-electron chi connectivity index (χ1n) is 7.68. The number of carbonyl (C=O) groups excluding carboxylic acids is 1. The fraction of sp³-hybridized carbons (Fsp3) is 0.588. The highest BCUT2D eigenvalue weighted by atomic mass is 16.1. The third-order valence-corrected chi connectivity index (χ3v) is 4.28. The highest BCUT2D eigenvalue weighted by Crippen LogP contribution is 2.19. The maximum absolute atomic E-state index is 11.9. The number of likely N-dealkylation sites (tertiary alicyclic amines) is 1. The number of Topliss-reactive ketones (excluding diaryl/α,β-unsaturated/α-hetero) is 1. The summed E-state index contributed by atoms with van der Waals surface area (Å²) in [7, 11) is 1.97. The molecule has 110 valence electrons. The number of rotatable bonds is 6. The zero-order valence-electron chi connectivity index (χ0n) is 12.6. The van der Waals surface area contributed by atoms with Gasteiger partial charge in [0.2, 0.25) is 0 Å². The van der Waals surface area contributed by atoms with Crippen molar-refractivity contribution in [1.82, 2.24) is 10.2 Å². The van der Waals surface area contributed by atoms with Crippen LogP contribution in [0.2, 0.25) is 0 Å². The molecule has 1 fully saturated rings. The average Bonchev–Trinajstić information content (AvgIpc) is 2.47. The van der Waals surface area contributed by atoms with Crippen molar-refractivity contribution in [3.05, 3.63) is 35.9 Å². The van der Waals surface area contributed by atoms with E-state index in [0.29, 0.717) is 11.8 Å². The predicted molar refractivity (Wildman–Crippen MR) is 82.9 cm³/mol. The lowest BCUT2D eigenvalue weighted by Gasteiger charge is -2.39. The Morgan fingerprint density at radius 1 is 1.35 bits per heavy atom. The van der Waals surface area contributed by atoms with Crippen molar-refractivity contribution in [3.8, 4) is 0 Å². The van der Waals surface area contributed by atoms with Gasteiger partial charge in [0, 0.05) is 6.04 Å². The summed E-state index contributed by atoms with van der Waals surface area (Å²) in [5.41, 5.74) is 1.38. The van der Waals surface area contributed by atoms with E-state index in [-0.39, 0.29) is 6.04 Å². The van der Waals surface area contributed by atoms with E-state index >= 15 is 0 Å². The molecule has 2 unspecified atom stereocenters. The molecule has 0 bridgehead atoms. The van der Waals surface area contributed by atoms with Gasteiger partial charge < -0.3 is 5.32 Å². The maximum Gasteiger partial charge on any atom is 0.148 e. The van der Waals surface area contributed by atoms with Gasteiger partial charge in [-0.2, -0.15) is 0 Å². The van der Waals surface area contributed by atoms with E-state index in [1.54, 1.807) is 6.92 Å². The first-order chi connectivity index (χ1) is 9.72. The molecule has 0 aromatic heterocycles. The molecule has 1 aromatic carbocycles. The minimum absolute atomic E-state index is 0.0597. The summed E-state index contributed by atoms with van der Waals surface area (Å²) in [5.74, 6) is 0.295. The Kier molecular flexibility index (Phi) is 5.74. The lowest BCUT2D eigenvalue weighted by Crippen LogP contribution is -2.56. The minimum Gasteiger partial charge on any atom is -0.315 e. The second-order valence-electron chi connectivity index (χ2n) is 5.72. The third kappa shape index (κ3) is 3.90. The Labute approximate surface area is 122 Å². The first-order valence-corrected chi connectivity index (χ1v) is 7.68. The highest BCUT2D eigenvalue weighted by molar-refractivity contribution is 5.82. The largest absolute Gasteiger partial charge is 0.315 e. The first kappa shape index (κ1) is 15.2. The van der Waals surface area contributed by atoms with Gasteiger partial charge in [-0.25, -0.2) is 0 Å². The number of hydrogen-bond acceptors (Lipinski definition) is 3. The van der Waals surface area contributed by atoms with Crippen molar-refractivity contribution in [2.45, 2.75) is 44.7 Å². The molecule has 1 saturated heterocycles. The number of nitrogens with zero attached hydrogens (tertiary/aromatic N) is 1. The van der Waals surface area contributed by atoms with E-state index in [2.05, 4.69) is 40.5 Å². The molecule has 3 nitrogen and oxygen atoms in total. The second-order valence-corrected chi connectivity index (χ2v) is 5.72. The normalized spacial score (nSPS) is 23.7. The standard InChI is InChI=1S/C17H26N2O/c1-14(20)17-16(18-2)11-7-13-19(17)12-6-10-15-8-4-3-5-9-15/h3-5,8-9,16-18H,6-7,10-13H2,1-2H3. The Morgan fingerprint density at radius 2 is 2.10 bits per heavy atom. The van der Waals surface area contributed by atoms with Crippen LogP contribution >= 0.6 is 0 Å². The monoisotopic (exact) mass is 274 g/mol. The Balaban J connectivity index is 1.88. The van der Waals surface area contributed by atoms with Gasteiger partial charge in [-0.15, -0.1) is 0 Å². The minimum atomic E-state index is 0.0597. The average molecular weight is 274 g/mol. The van der Waals surface area contributed by atoms with Crippen LogP contribution in [0, 0.1) is 0 Å². The topological polar surface area (TPSA) is 32.3 Å².